The van der Waals surface area contributed by atoms with E-state index in [0.29, 0.717) is 30.6 Å². The molecule has 2 nitrogen and oxygen atoms in total. The molecule has 2 rings (SSSR count). The molecule has 0 amide bonds. The lowest BCUT2D eigenvalue weighted by Gasteiger charge is -2.11. The van der Waals surface area contributed by atoms with Gasteiger partial charge >= 0.3 is 0 Å². The Bertz CT molecular complexity index is 417. The molecule has 0 unspecified atom stereocenters. The summed E-state index contributed by atoms with van der Waals surface area (Å²) in [5.41, 5.74) is 1.28. The van der Waals surface area contributed by atoms with E-state index in [-0.39, 0.29) is 0 Å². The first-order valence-corrected chi connectivity index (χ1v) is 7.42. The highest BCUT2D eigenvalue weighted by atomic mass is 16.5. The molecule has 2 heteroatoms. The van der Waals surface area contributed by atoms with Crippen molar-refractivity contribution in [2.24, 2.45) is 5.92 Å². The SMILES string of the molecule is CC(C)c1cccc(OCCC(=O)C2CCCC2)c1. The molecule has 1 aliphatic rings. The Labute approximate surface area is 116 Å². The third-order valence-corrected chi connectivity index (χ3v) is 3.95. The molecule has 0 radical (unpaired) electrons. The average molecular weight is 260 g/mol. The Morgan fingerprint density at radius 3 is 2.74 bits per heavy atom. The minimum Gasteiger partial charge on any atom is -0.493 e. The summed E-state index contributed by atoms with van der Waals surface area (Å²) in [7, 11) is 0. The van der Waals surface area contributed by atoms with Gasteiger partial charge in [0, 0.05) is 12.3 Å². The molecule has 1 aromatic carbocycles. The summed E-state index contributed by atoms with van der Waals surface area (Å²) in [6, 6.07) is 8.17. The molecular formula is C17H24O2. The van der Waals surface area contributed by atoms with Crippen molar-refractivity contribution in [1.29, 1.82) is 0 Å². The lowest BCUT2D eigenvalue weighted by Crippen LogP contribution is -2.14. The second-order valence-corrected chi connectivity index (χ2v) is 5.77. The number of Topliss-reactive ketones (excluding diaryl/α,β-unsaturated/α-hetero) is 1. The molecule has 0 spiro atoms. The van der Waals surface area contributed by atoms with Gasteiger partial charge in [-0.15, -0.1) is 0 Å². The number of hydrogen-bond acceptors (Lipinski definition) is 2. The smallest absolute Gasteiger partial charge is 0.139 e. The first kappa shape index (κ1) is 14.1. The Morgan fingerprint density at radius 1 is 1.32 bits per heavy atom. The molecule has 1 fully saturated rings. The van der Waals surface area contributed by atoms with Crippen LogP contribution in [0.5, 0.6) is 5.75 Å². The van der Waals surface area contributed by atoms with Crippen molar-refractivity contribution in [2.75, 3.05) is 6.61 Å². The monoisotopic (exact) mass is 260 g/mol. The van der Waals surface area contributed by atoms with Gasteiger partial charge < -0.3 is 4.74 Å². The van der Waals surface area contributed by atoms with Gasteiger partial charge in [0.25, 0.3) is 0 Å². The van der Waals surface area contributed by atoms with Crippen molar-refractivity contribution in [2.45, 2.75) is 51.9 Å². The molecule has 0 aromatic heterocycles. The van der Waals surface area contributed by atoms with E-state index in [9.17, 15) is 4.79 Å². The van der Waals surface area contributed by atoms with E-state index in [4.69, 9.17) is 4.74 Å². The van der Waals surface area contributed by atoms with Crippen molar-refractivity contribution in [1.82, 2.24) is 0 Å². The predicted molar refractivity (Wildman–Crippen MR) is 77.6 cm³/mol. The van der Waals surface area contributed by atoms with Crippen LogP contribution in [0.1, 0.15) is 57.4 Å². The van der Waals surface area contributed by atoms with Gasteiger partial charge in [-0.2, -0.15) is 0 Å². The van der Waals surface area contributed by atoms with Crippen LogP contribution in [0, 0.1) is 5.92 Å². The minimum atomic E-state index is 0.311. The summed E-state index contributed by atoms with van der Waals surface area (Å²) < 4.78 is 5.71. The van der Waals surface area contributed by atoms with Gasteiger partial charge in [0.1, 0.15) is 11.5 Å². The van der Waals surface area contributed by atoms with Gasteiger partial charge in [0.15, 0.2) is 0 Å². The zero-order valence-corrected chi connectivity index (χ0v) is 12.0. The number of hydrogen-bond donors (Lipinski definition) is 0. The fourth-order valence-electron chi connectivity index (χ4n) is 2.68. The Morgan fingerprint density at radius 2 is 2.05 bits per heavy atom. The summed E-state index contributed by atoms with van der Waals surface area (Å²) in [5.74, 6) is 2.08. The van der Waals surface area contributed by atoms with Gasteiger partial charge in [0.2, 0.25) is 0 Å². The third kappa shape index (κ3) is 4.09. The van der Waals surface area contributed by atoms with Gasteiger partial charge in [-0.1, -0.05) is 38.8 Å². The molecule has 19 heavy (non-hydrogen) atoms. The molecule has 104 valence electrons. The standard InChI is InChI=1S/C17H24O2/c1-13(2)15-8-5-9-16(12-15)19-11-10-17(18)14-6-3-4-7-14/h5,8-9,12-14H,3-4,6-7,10-11H2,1-2H3. The molecule has 1 aliphatic carbocycles. The highest BCUT2D eigenvalue weighted by Gasteiger charge is 2.22. The molecule has 0 saturated heterocycles. The molecule has 0 aliphatic heterocycles. The van der Waals surface area contributed by atoms with E-state index in [1.807, 2.05) is 12.1 Å². The summed E-state index contributed by atoms with van der Waals surface area (Å²) in [6.45, 7) is 4.85. The van der Waals surface area contributed by atoms with Gasteiger partial charge in [0.05, 0.1) is 6.61 Å². The Balaban J connectivity index is 1.78. The molecule has 1 aromatic rings. The summed E-state index contributed by atoms with van der Waals surface area (Å²) in [5, 5.41) is 0. The van der Waals surface area contributed by atoms with Crippen LogP contribution in [0.2, 0.25) is 0 Å². The molecule has 0 heterocycles. The number of ether oxygens (including phenoxy) is 1. The third-order valence-electron chi connectivity index (χ3n) is 3.95. The van der Waals surface area contributed by atoms with Crippen molar-refractivity contribution >= 4 is 5.78 Å². The number of rotatable bonds is 6. The van der Waals surface area contributed by atoms with Gasteiger partial charge in [-0.25, -0.2) is 0 Å². The highest BCUT2D eigenvalue weighted by Crippen LogP contribution is 2.26. The highest BCUT2D eigenvalue weighted by molar-refractivity contribution is 5.81. The maximum Gasteiger partial charge on any atom is 0.139 e. The van der Waals surface area contributed by atoms with E-state index in [1.165, 1.54) is 18.4 Å². The number of carbonyl (C=O) groups is 1. The summed E-state index contributed by atoms with van der Waals surface area (Å²) >= 11 is 0. The second kappa shape index (κ2) is 6.74. The molecular weight excluding hydrogens is 236 g/mol. The first-order valence-electron chi connectivity index (χ1n) is 7.42. The fourth-order valence-corrected chi connectivity index (χ4v) is 2.68. The second-order valence-electron chi connectivity index (χ2n) is 5.77. The zero-order valence-electron chi connectivity index (χ0n) is 12.0. The number of benzene rings is 1. The topological polar surface area (TPSA) is 26.3 Å². The van der Waals surface area contributed by atoms with Crippen molar-refractivity contribution in [3.05, 3.63) is 29.8 Å². The van der Waals surface area contributed by atoms with E-state index in [2.05, 4.69) is 26.0 Å². The quantitative estimate of drug-likeness (QED) is 0.760. The van der Waals surface area contributed by atoms with Crippen LogP contribution in [-0.4, -0.2) is 12.4 Å². The normalized spacial score (nSPS) is 15.9. The summed E-state index contributed by atoms with van der Waals surface area (Å²) in [4.78, 5) is 11.9. The van der Waals surface area contributed by atoms with E-state index in [0.717, 1.165) is 18.6 Å². The van der Waals surface area contributed by atoms with Crippen LogP contribution in [0.3, 0.4) is 0 Å². The molecule has 1 saturated carbocycles. The predicted octanol–water partition coefficient (Wildman–Crippen LogP) is 4.34. The van der Waals surface area contributed by atoms with E-state index >= 15 is 0 Å². The molecule has 0 N–H and O–H groups in total. The van der Waals surface area contributed by atoms with Crippen LogP contribution in [0.25, 0.3) is 0 Å². The number of carbonyl (C=O) groups excluding carboxylic acids is 1. The van der Waals surface area contributed by atoms with Gasteiger partial charge in [-0.05, 0) is 36.5 Å². The summed E-state index contributed by atoms with van der Waals surface area (Å²) in [6.07, 6.45) is 5.15. The van der Waals surface area contributed by atoms with Crippen molar-refractivity contribution < 1.29 is 9.53 Å². The number of ketones is 1. The van der Waals surface area contributed by atoms with Crippen LogP contribution in [0.15, 0.2) is 24.3 Å². The fraction of sp³-hybridized carbons (Fsp3) is 0.588. The van der Waals surface area contributed by atoms with Crippen LogP contribution in [-0.2, 0) is 4.79 Å². The van der Waals surface area contributed by atoms with Crippen LogP contribution >= 0.6 is 0 Å². The van der Waals surface area contributed by atoms with E-state index < -0.39 is 0 Å². The molecule has 0 atom stereocenters. The van der Waals surface area contributed by atoms with Crippen LogP contribution < -0.4 is 4.74 Å². The molecule has 0 bridgehead atoms. The lowest BCUT2D eigenvalue weighted by molar-refractivity contribution is -0.123. The minimum absolute atomic E-state index is 0.311. The van der Waals surface area contributed by atoms with Crippen LogP contribution in [0.4, 0.5) is 0 Å². The Hall–Kier alpha value is -1.31. The lowest BCUT2D eigenvalue weighted by atomic mass is 10.0. The largest absolute Gasteiger partial charge is 0.493 e. The van der Waals surface area contributed by atoms with E-state index in [1.54, 1.807) is 0 Å². The van der Waals surface area contributed by atoms with Crippen molar-refractivity contribution in [3.63, 3.8) is 0 Å². The zero-order chi connectivity index (χ0) is 13.7. The van der Waals surface area contributed by atoms with Crippen molar-refractivity contribution in [3.8, 4) is 5.75 Å². The first-order chi connectivity index (χ1) is 9.16. The Kier molecular flexibility index (Phi) is 5.00. The van der Waals surface area contributed by atoms with Gasteiger partial charge in [-0.3, -0.25) is 4.79 Å². The maximum atomic E-state index is 11.9. The average Bonchev–Trinajstić information content (AvgIpc) is 2.93. The maximum absolute atomic E-state index is 11.9.